The smallest absolute Gasteiger partial charge is 0.0897 e. The van der Waals surface area contributed by atoms with Crippen molar-refractivity contribution in [2.24, 2.45) is 5.41 Å². The lowest BCUT2D eigenvalue weighted by Crippen LogP contribution is -2.31. The molecule has 1 nitrogen and oxygen atoms in total. The number of hydrogen-bond acceptors (Lipinski definition) is 2. The van der Waals surface area contributed by atoms with Crippen LogP contribution in [0.25, 0.3) is 0 Å². The second kappa shape index (κ2) is 2.76. The quantitative estimate of drug-likeness (QED) is 0.569. The summed E-state index contributed by atoms with van der Waals surface area (Å²) in [6, 6.07) is 0. The van der Waals surface area contributed by atoms with E-state index in [1.165, 1.54) is 0 Å². The fourth-order valence-corrected chi connectivity index (χ4v) is 0.963. The van der Waals surface area contributed by atoms with E-state index in [0.29, 0.717) is 4.86 Å². The van der Waals surface area contributed by atoms with Gasteiger partial charge in [0.25, 0.3) is 0 Å². The monoisotopic (exact) mass is 146 g/mol. The highest BCUT2D eigenvalue weighted by Crippen LogP contribution is 2.19. The number of rotatable bonds is 1. The second-order valence-electron chi connectivity index (χ2n) is 3.38. The van der Waals surface area contributed by atoms with Crippen molar-refractivity contribution in [3.05, 3.63) is 0 Å². The summed E-state index contributed by atoms with van der Waals surface area (Å²) in [7, 11) is 0. The molecule has 2 heteroatoms. The molecule has 0 aromatic carbocycles. The molecule has 0 heterocycles. The maximum Gasteiger partial charge on any atom is 0.0897 e. The van der Waals surface area contributed by atoms with Gasteiger partial charge in [-0.3, -0.25) is 0 Å². The van der Waals surface area contributed by atoms with Crippen LogP contribution in [0.15, 0.2) is 0 Å². The van der Waals surface area contributed by atoms with Gasteiger partial charge in [0.05, 0.1) is 6.10 Å². The molecule has 0 saturated carbocycles. The first kappa shape index (κ1) is 9.05. The van der Waals surface area contributed by atoms with Gasteiger partial charge < -0.3 is 5.11 Å². The van der Waals surface area contributed by atoms with Gasteiger partial charge in [-0.15, -0.1) is 0 Å². The summed E-state index contributed by atoms with van der Waals surface area (Å²) in [4.78, 5) is 0.669. The number of thiocarbonyl (C=S) groups is 1. The van der Waals surface area contributed by atoms with Crippen molar-refractivity contribution in [2.45, 2.75) is 33.8 Å². The van der Waals surface area contributed by atoms with Crippen LogP contribution < -0.4 is 0 Å². The van der Waals surface area contributed by atoms with Crippen LogP contribution in [0.3, 0.4) is 0 Å². The lowest BCUT2D eigenvalue weighted by atomic mass is 9.88. The molecular formula is C7H14OS. The minimum absolute atomic E-state index is 0.105. The predicted molar refractivity (Wildman–Crippen MR) is 43.7 cm³/mol. The van der Waals surface area contributed by atoms with Gasteiger partial charge in [-0.1, -0.05) is 33.0 Å². The molecule has 54 valence electrons. The molecule has 0 aliphatic carbocycles. The molecule has 0 fully saturated rings. The fourth-order valence-electron chi connectivity index (χ4n) is 0.610. The Labute approximate surface area is 62.1 Å². The van der Waals surface area contributed by atoms with Crippen LogP contribution in [-0.2, 0) is 0 Å². The zero-order valence-corrected chi connectivity index (χ0v) is 7.25. The van der Waals surface area contributed by atoms with E-state index >= 15 is 0 Å². The molecule has 0 aliphatic heterocycles. The van der Waals surface area contributed by atoms with Gasteiger partial charge in [0.2, 0.25) is 0 Å². The van der Waals surface area contributed by atoms with Crippen molar-refractivity contribution in [2.75, 3.05) is 0 Å². The van der Waals surface area contributed by atoms with Crippen LogP contribution in [0, 0.1) is 5.41 Å². The molecule has 0 amide bonds. The van der Waals surface area contributed by atoms with Gasteiger partial charge in [0, 0.05) is 4.86 Å². The average Bonchev–Trinajstić information content (AvgIpc) is 1.62. The Hall–Kier alpha value is 0.0500. The van der Waals surface area contributed by atoms with E-state index in [4.69, 9.17) is 12.2 Å². The standard InChI is InChI=1S/C7H14OS/c1-5(9)6(8)7(2,3)4/h6,8H,1-4H3. The van der Waals surface area contributed by atoms with Gasteiger partial charge in [-0.05, 0) is 12.3 Å². The first-order valence-corrected chi connectivity index (χ1v) is 3.45. The third-order valence-electron chi connectivity index (χ3n) is 1.21. The van der Waals surface area contributed by atoms with Gasteiger partial charge in [-0.2, -0.15) is 0 Å². The average molecular weight is 146 g/mol. The SMILES string of the molecule is CC(=S)C(O)C(C)(C)C. The van der Waals surface area contributed by atoms with E-state index in [1.807, 2.05) is 20.8 Å². The van der Waals surface area contributed by atoms with Crippen LogP contribution in [0.4, 0.5) is 0 Å². The molecule has 0 rings (SSSR count). The number of aliphatic hydroxyl groups is 1. The summed E-state index contributed by atoms with van der Waals surface area (Å²) in [5.41, 5.74) is -0.105. The Morgan fingerprint density at radius 1 is 1.44 bits per heavy atom. The fraction of sp³-hybridized carbons (Fsp3) is 0.857. The Morgan fingerprint density at radius 3 is 1.78 bits per heavy atom. The van der Waals surface area contributed by atoms with Gasteiger partial charge in [0.15, 0.2) is 0 Å². The summed E-state index contributed by atoms with van der Waals surface area (Å²) < 4.78 is 0. The topological polar surface area (TPSA) is 20.2 Å². The minimum Gasteiger partial charge on any atom is -0.387 e. The largest absolute Gasteiger partial charge is 0.387 e. The second-order valence-corrected chi connectivity index (χ2v) is 4.02. The predicted octanol–water partition coefficient (Wildman–Crippen LogP) is 1.78. The van der Waals surface area contributed by atoms with Crippen molar-refractivity contribution < 1.29 is 5.11 Å². The maximum absolute atomic E-state index is 9.32. The molecular weight excluding hydrogens is 132 g/mol. The van der Waals surface area contributed by atoms with Crippen LogP contribution in [0.5, 0.6) is 0 Å². The first-order chi connectivity index (χ1) is 3.85. The van der Waals surface area contributed by atoms with Crippen molar-refractivity contribution >= 4 is 17.1 Å². The molecule has 0 spiro atoms. The van der Waals surface area contributed by atoms with Crippen molar-refractivity contribution in [1.82, 2.24) is 0 Å². The van der Waals surface area contributed by atoms with E-state index in [9.17, 15) is 5.11 Å². The maximum atomic E-state index is 9.32. The van der Waals surface area contributed by atoms with Crippen molar-refractivity contribution in [3.63, 3.8) is 0 Å². The Balaban J connectivity index is 4.04. The van der Waals surface area contributed by atoms with E-state index in [-0.39, 0.29) is 5.41 Å². The molecule has 1 N–H and O–H groups in total. The summed E-state index contributed by atoms with van der Waals surface area (Å²) in [6.45, 7) is 7.67. The molecule has 0 aromatic rings. The normalized spacial score (nSPS) is 15.2. The summed E-state index contributed by atoms with van der Waals surface area (Å²) in [5, 5.41) is 9.32. The van der Waals surface area contributed by atoms with E-state index in [1.54, 1.807) is 6.92 Å². The summed E-state index contributed by atoms with van der Waals surface area (Å²) >= 11 is 4.82. The number of hydrogen-bond donors (Lipinski definition) is 1. The number of aliphatic hydroxyl groups excluding tert-OH is 1. The third kappa shape index (κ3) is 2.92. The van der Waals surface area contributed by atoms with E-state index in [0.717, 1.165) is 0 Å². The zero-order chi connectivity index (χ0) is 7.65. The molecule has 0 bridgehead atoms. The molecule has 0 aromatic heterocycles. The van der Waals surface area contributed by atoms with Gasteiger partial charge in [-0.25, -0.2) is 0 Å². The lowest BCUT2D eigenvalue weighted by Gasteiger charge is -2.24. The van der Waals surface area contributed by atoms with Gasteiger partial charge >= 0.3 is 0 Å². The van der Waals surface area contributed by atoms with Crippen LogP contribution >= 0.6 is 12.2 Å². The molecule has 0 radical (unpaired) electrons. The minimum atomic E-state index is -0.451. The molecule has 0 saturated heterocycles. The van der Waals surface area contributed by atoms with Crippen molar-refractivity contribution in [1.29, 1.82) is 0 Å². The lowest BCUT2D eigenvalue weighted by molar-refractivity contribution is 0.124. The molecule has 0 aliphatic rings. The Morgan fingerprint density at radius 2 is 1.78 bits per heavy atom. The van der Waals surface area contributed by atoms with Crippen LogP contribution in [0.1, 0.15) is 27.7 Å². The Kier molecular flexibility index (Phi) is 2.77. The van der Waals surface area contributed by atoms with Crippen molar-refractivity contribution in [3.8, 4) is 0 Å². The van der Waals surface area contributed by atoms with E-state index < -0.39 is 6.10 Å². The Bertz CT molecular complexity index is 113. The zero-order valence-electron chi connectivity index (χ0n) is 6.43. The van der Waals surface area contributed by atoms with Crippen LogP contribution in [0.2, 0.25) is 0 Å². The third-order valence-corrected chi connectivity index (χ3v) is 1.43. The van der Waals surface area contributed by atoms with Crippen LogP contribution in [-0.4, -0.2) is 16.1 Å². The molecule has 1 unspecified atom stereocenters. The highest BCUT2D eigenvalue weighted by molar-refractivity contribution is 7.80. The summed E-state index contributed by atoms with van der Waals surface area (Å²) in [6.07, 6.45) is -0.451. The summed E-state index contributed by atoms with van der Waals surface area (Å²) in [5.74, 6) is 0. The highest BCUT2D eigenvalue weighted by atomic mass is 32.1. The van der Waals surface area contributed by atoms with E-state index in [2.05, 4.69) is 0 Å². The highest BCUT2D eigenvalue weighted by Gasteiger charge is 2.22. The molecule has 9 heavy (non-hydrogen) atoms. The van der Waals surface area contributed by atoms with Gasteiger partial charge in [0.1, 0.15) is 0 Å². The molecule has 1 atom stereocenters. The first-order valence-electron chi connectivity index (χ1n) is 3.04.